The number of alkyl carbamates (subject to hydrolysis) is 2. The summed E-state index contributed by atoms with van der Waals surface area (Å²) < 4.78 is 39.7. The smallest absolute Gasteiger partial charge is 0.407 e. The van der Waals surface area contributed by atoms with Gasteiger partial charge in [-0.25, -0.2) is 34.5 Å². The molecule has 8 aliphatic rings. The van der Waals surface area contributed by atoms with Gasteiger partial charge < -0.3 is 74.6 Å². The number of carbonyl (C=O) groups excluding carboxylic acids is 3. The van der Waals surface area contributed by atoms with Crippen molar-refractivity contribution in [3.8, 4) is 81.6 Å². The lowest BCUT2D eigenvalue weighted by Crippen LogP contribution is -2.35. The van der Waals surface area contributed by atoms with Crippen molar-refractivity contribution >= 4 is 104 Å². The fraction of sp³-hybridized carbons (Fsp3) is 0.440. The van der Waals surface area contributed by atoms with E-state index in [-0.39, 0.29) is 61.4 Å². The second-order valence-electron chi connectivity index (χ2n) is 37.1. The Morgan fingerprint density at radius 3 is 0.929 bits per heavy atom. The predicted molar refractivity (Wildman–Crippen MR) is 561 cm³/mol. The molecule has 0 radical (unpaired) electrons. The van der Waals surface area contributed by atoms with Crippen molar-refractivity contribution < 1.29 is 57.4 Å². The second-order valence-corrected chi connectivity index (χ2v) is 43.2. The van der Waals surface area contributed by atoms with Crippen LogP contribution in [0, 0.1) is 5.92 Å². The highest BCUT2D eigenvalue weighted by molar-refractivity contribution is 7.16. The average Bonchev–Trinajstić information content (AvgIpc) is 1.70. The van der Waals surface area contributed by atoms with E-state index in [1.165, 1.54) is 88.9 Å². The van der Waals surface area contributed by atoms with Crippen LogP contribution in [0.3, 0.4) is 0 Å². The van der Waals surface area contributed by atoms with Gasteiger partial charge in [-0.3, -0.25) is 9.59 Å². The lowest BCUT2D eigenvalue weighted by Gasteiger charge is -2.20. The molecule has 3 amide bonds. The van der Waals surface area contributed by atoms with Gasteiger partial charge in [-0.2, -0.15) is 0 Å². The highest BCUT2D eigenvalue weighted by atomic mass is 35.5. The molecule has 8 heterocycles. The number of rotatable bonds is 36. The van der Waals surface area contributed by atoms with Crippen LogP contribution in [0.15, 0.2) is 182 Å². The number of thiazole rings is 5. The number of halogens is 2. The van der Waals surface area contributed by atoms with Crippen LogP contribution in [0.5, 0.6) is 28.7 Å². The topological polar surface area (TPSA) is 289 Å². The summed E-state index contributed by atoms with van der Waals surface area (Å²) in [7, 11) is 0. The standard InChI is InChI=1S/C28H33N3O3S.C23H23ClN2O3S.C22H29N3O2S.C20H27N3OS.C16H16ClNO3S/c1-20-7-5-14-31(20)15-6-16-33-24-12-10-22(11-13-24)27-30-25-17-23(18-26(25)35-27)29-28(32)34-19-21-8-3-2-4-9-21;24-11-4-12-28-19-9-7-17(8-10-19)22-26-20-13-18(14-21(20)30-22)25-23(27)29-15-16-5-2-1-3-6-16;1-15-5-3-10-25(15)11-4-12-27-19-8-6-17(7-9-19)22-24-20-13-18(23-16(2)26)14-21(20)28-22;1-14-4-2-9-23(14)10-3-11-24-17-7-5-15(6-8-17)20-22-18-12-16(21)13-19(18)25-20;17-6-1-7-21-12-4-2-10(3-5-12)15-18-13-8-11(16(19)20)9-14(13)22-15/h2-4,8-13,20,23H,5-7,14-19H2,1H3,(H,29,32);1-3,5-10,18H,4,11-15H2,(H,25,27);6-9,15,18H,3-5,10-14H2,1-2H3,(H,23,26);5-8,14,16H,2-4,9-13,21H2,1H3;2-5,11H,1,6-9H2,(H,19,20). The van der Waals surface area contributed by atoms with Gasteiger partial charge in [0.2, 0.25) is 5.91 Å². The molecule has 8 atom stereocenters. The van der Waals surface area contributed by atoms with Crippen molar-refractivity contribution in [3.63, 3.8) is 0 Å². The Kier molecular flexibility index (Phi) is 37.7. The number of nitrogens with two attached hydrogens (primary N) is 1. The van der Waals surface area contributed by atoms with Gasteiger partial charge >= 0.3 is 18.2 Å². The lowest BCUT2D eigenvalue weighted by atomic mass is 10.1. The van der Waals surface area contributed by atoms with Gasteiger partial charge in [-0.1, -0.05) is 60.7 Å². The molecule has 0 spiro atoms. The average molecular weight is 2030 g/mol. The lowest BCUT2D eigenvalue weighted by molar-refractivity contribution is -0.141. The van der Waals surface area contributed by atoms with Crippen molar-refractivity contribution in [3.05, 3.63) is 246 Å². The minimum Gasteiger partial charge on any atom is -0.494 e. The molecule has 3 aliphatic heterocycles. The molecule has 3 saturated heterocycles. The molecule has 20 rings (SSSR count). The van der Waals surface area contributed by atoms with E-state index in [9.17, 15) is 19.2 Å². The minimum atomic E-state index is -0.731. The monoisotopic (exact) mass is 2030 g/mol. The van der Waals surface area contributed by atoms with Gasteiger partial charge in [0.15, 0.2) is 0 Å². The molecule has 8 unspecified atom stereocenters. The van der Waals surface area contributed by atoms with E-state index < -0.39 is 5.97 Å². The molecule has 140 heavy (non-hydrogen) atoms. The maximum Gasteiger partial charge on any atom is 0.407 e. The molecular formula is C109H128Cl2N12O12S5. The third-order valence-electron chi connectivity index (χ3n) is 26.4. The Morgan fingerprint density at radius 2 is 0.657 bits per heavy atom. The number of aliphatic carboxylic acids is 1. The predicted octanol–water partition coefficient (Wildman–Crippen LogP) is 21.4. The SMILES string of the molecule is CC(=O)NC1Cc2nc(-c3ccc(OCCCN4CCCC4C)cc3)sc2C1.CC1CCCN1CCCOc1ccc(-c2nc3c(s2)CC(N)C3)cc1.CC1CCCN1CCCOc1ccc(-c2nc3c(s2)CC(NC(=O)OCc2ccccc2)C3)cc1.O=C(NC1Cc2nc(-c3ccc(OCCCCl)cc3)sc2C1)OCc1ccccc1.O=C(O)C1Cc2nc(-c3ccc(OCCCCl)cc3)sc2C1. The van der Waals surface area contributed by atoms with Crippen LogP contribution in [0.25, 0.3) is 52.9 Å². The van der Waals surface area contributed by atoms with Crippen molar-refractivity contribution in [1.82, 2.24) is 55.6 Å². The van der Waals surface area contributed by atoms with E-state index in [2.05, 4.69) is 105 Å². The zero-order valence-corrected chi connectivity index (χ0v) is 85.9. The Hall–Kier alpha value is -10.4. The van der Waals surface area contributed by atoms with Gasteiger partial charge in [0.1, 0.15) is 67.0 Å². The maximum atomic E-state index is 12.2. The summed E-state index contributed by atoms with van der Waals surface area (Å²) in [6.45, 7) is 19.7. The number of aromatic nitrogens is 5. The summed E-state index contributed by atoms with van der Waals surface area (Å²) in [5.74, 6) is 4.64. The summed E-state index contributed by atoms with van der Waals surface area (Å²) in [5.41, 5.74) is 18.9. The molecule has 6 N–H and O–H groups in total. The van der Waals surface area contributed by atoms with Crippen LogP contribution in [0.1, 0.15) is 162 Å². The Labute approximate surface area is 851 Å². The number of likely N-dealkylation sites (tertiary alicyclic amines) is 3. The first-order valence-electron chi connectivity index (χ1n) is 49.4. The number of nitrogens with zero attached hydrogens (tertiary/aromatic N) is 8. The largest absolute Gasteiger partial charge is 0.494 e. The van der Waals surface area contributed by atoms with E-state index in [4.69, 9.17) is 87.1 Å². The summed E-state index contributed by atoms with van der Waals surface area (Å²) in [5, 5.41) is 23.1. The molecule has 0 bridgehead atoms. The maximum absolute atomic E-state index is 12.2. The second kappa shape index (κ2) is 51.5. The van der Waals surface area contributed by atoms with E-state index >= 15 is 0 Å². The van der Waals surface area contributed by atoms with Gasteiger partial charge in [-0.15, -0.1) is 79.9 Å². The van der Waals surface area contributed by atoms with E-state index in [0.29, 0.717) is 43.9 Å². The fourth-order valence-corrected chi connectivity index (χ4v) is 24.8. The van der Waals surface area contributed by atoms with Gasteiger partial charge in [-0.05, 0) is 256 Å². The van der Waals surface area contributed by atoms with Crippen molar-refractivity contribution in [1.29, 1.82) is 0 Å². The number of hydrogen-bond donors (Lipinski definition) is 5. The molecule has 7 aromatic carbocycles. The fourth-order valence-electron chi connectivity index (χ4n) is 18.7. The number of carboxylic acid groups (broad SMARTS) is 1. The minimum absolute atomic E-state index is 0.0332. The zero-order valence-electron chi connectivity index (χ0n) is 80.3. The summed E-state index contributed by atoms with van der Waals surface area (Å²) in [6.07, 6.45) is 19.9. The molecule has 5 aliphatic carbocycles. The van der Waals surface area contributed by atoms with Gasteiger partial charge in [0, 0.05) is 184 Å². The zero-order chi connectivity index (χ0) is 97.1. The third-order valence-corrected chi connectivity index (χ3v) is 32.7. The van der Waals surface area contributed by atoms with E-state index in [0.717, 1.165) is 250 Å². The Bertz CT molecular complexity index is 5840. The normalized spacial score (nSPS) is 19.1. The van der Waals surface area contributed by atoms with Crippen LogP contribution in [-0.2, 0) is 96.5 Å². The van der Waals surface area contributed by atoms with E-state index in [1.54, 1.807) is 63.6 Å². The van der Waals surface area contributed by atoms with Crippen LogP contribution in [0.2, 0.25) is 0 Å². The first-order chi connectivity index (χ1) is 68.3. The number of nitrogens with one attached hydrogen (secondary N) is 3. The molecule has 24 nitrogen and oxygen atoms in total. The Morgan fingerprint density at radius 1 is 0.371 bits per heavy atom. The highest BCUT2D eigenvalue weighted by Gasteiger charge is 2.34. The molecule has 12 aromatic rings. The number of carbonyl (C=O) groups is 4. The first-order valence-corrected chi connectivity index (χ1v) is 54.6. The summed E-state index contributed by atoms with van der Waals surface area (Å²) >= 11 is 19.8. The number of amides is 3. The Balaban J connectivity index is 0.000000127. The highest BCUT2D eigenvalue weighted by Crippen LogP contribution is 2.41. The third kappa shape index (κ3) is 29.7. The van der Waals surface area contributed by atoms with Crippen LogP contribution < -0.4 is 45.4 Å². The van der Waals surface area contributed by atoms with Crippen molar-refractivity contribution in [2.24, 2.45) is 11.7 Å². The van der Waals surface area contributed by atoms with Crippen LogP contribution >= 0.6 is 79.9 Å². The molecule has 5 aromatic heterocycles. The molecule has 0 saturated carbocycles. The molecular weight excluding hydrogens is 1900 g/mol. The quantitative estimate of drug-likeness (QED) is 0.0180. The summed E-state index contributed by atoms with van der Waals surface area (Å²) in [4.78, 5) is 84.2. The van der Waals surface area contributed by atoms with E-state index in [1.807, 2.05) is 133 Å². The molecule has 3 fully saturated rings. The number of benzene rings is 7. The first kappa shape index (κ1) is 102. The van der Waals surface area contributed by atoms with Crippen molar-refractivity contribution in [2.45, 2.75) is 218 Å². The van der Waals surface area contributed by atoms with Crippen LogP contribution in [0.4, 0.5) is 9.59 Å². The van der Waals surface area contributed by atoms with Gasteiger partial charge in [0.05, 0.1) is 67.4 Å². The molecule has 31 heteroatoms. The van der Waals surface area contributed by atoms with Crippen molar-refractivity contribution in [2.75, 3.05) is 84.1 Å². The summed E-state index contributed by atoms with van der Waals surface area (Å²) in [6, 6.07) is 62.8. The van der Waals surface area contributed by atoms with Crippen LogP contribution in [-0.4, -0.2) is 195 Å². The number of carboxylic acids is 1. The number of ether oxygens (including phenoxy) is 7. The molecule has 740 valence electrons. The number of fused-ring (bicyclic) bond motifs is 5. The van der Waals surface area contributed by atoms with Gasteiger partial charge in [0.25, 0.3) is 0 Å². The number of alkyl halides is 2. The number of hydrogen-bond acceptors (Lipinski definition) is 25.